The molecule has 0 saturated heterocycles. The fourth-order valence-corrected chi connectivity index (χ4v) is 5.07. The number of hydrogen-bond donors (Lipinski definition) is 2. The van der Waals surface area contributed by atoms with Gasteiger partial charge in [-0.25, -0.2) is 0 Å². The molecular formula is C29H21ClF3N5O2S. The molecule has 1 heterocycles. The highest BCUT2D eigenvalue weighted by atomic mass is 35.5. The van der Waals surface area contributed by atoms with Crippen molar-refractivity contribution in [2.24, 2.45) is 0 Å². The van der Waals surface area contributed by atoms with E-state index in [1.807, 2.05) is 66.7 Å². The van der Waals surface area contributed by atoms with E-state index in [1.54, 1.807) is 10.6 Å². The molecule has 7 nitrogen and oxygen atoms in total. The lowest BCUT2D eigenvalue weighted by molar-refractivity contribution is -0.137. The first-order valence-electron chi connectivity index (χ1n) is 12.3. The summed E-state index contributed by atoms with van der Waals surface area (Å²) in [6.45, 7) is 0.0521. The van der Waals surface area contributed by atoms with Gasteiger partial charge in [-0.15, -0.1) is 10.2 Å². The summed E-state index contributed by atoms with van der Waals surface area (Å²) >= 11 is 7.04. The van der Waals surface area contributed by atoms with Gasteiger partial charge in [-0.05, 0) is 47.2 Å². The third kappa shape index (κ3) is 6.53. The van der Waals surface area contributed by atoms with Crippen molar-refractivity contribution in [2.75, 3.05) is 11.1 Å². The summed E-state index contributed by atoms with van der Waals surface area (Å²) in [6.07, 6.45) is -4.58. The number of benzene rings is 4. The van der Waals surface area contributed by atoms with E-state index in [9.17, 15) is 22.8 Å². The predicted molar refractivity (Wildman–Crippen MR) is 152 cm³/mol. The number of carbonyl (C=O) groups excluding carboxylic acids is 2. The highest BCUT2D eigenvalue weighted by Gasteiger charge is 2.31. The van der Waals surface area contributed by atoms with Crippen molar-refractivity contribution in [3.8, 4) is 5.69 Å². The number of carbonyl (C=O) groups is 2. The SMILES string of the molecule is O=C(CSc1nnc(CNC(=O)c2cccc3ccccc23)n1-c1ccccc1)Nc1cc(C(F)(F)F)ccc1Cl. The summed E-state index contributed by atoms with van der Waals surface area (Å²) in [5.41, 5.74) is 0.154. The fourth-order valence-electron chi connectivity index (χ4n) is 4.14. The van der Waals surface area contributed by atoms with Gasteiger partial charge in [0.05, 0.1) is 28.6 Å². The maximum absolute atomic E-state index is 13.1. The third-order valence-electron chi connectivity index (χ3n) is 6.06. The molecule has 41 heavy (non-hydrogen) atoms. The Balaban J connectivity index is 1.32. The van der Waals surface area contributed by atoms with Crippen molar-refractivity contribution in [3.05, 3.63) is 113 Å². The second-order valence-corrected chi connectivity index (χ2v) is 10.2. The number of thioether (sulfide) groups is 1. The van der Waals surface area contributed by atoms with Gasteiger partial charge in [-0.1, -0.05) is 78.0 Å². The number of rotatable bonds is 8. The Hall–Kier alpha value is -4.35. The van der Waals surface area contributed by atoms with Crippen molar-refractivity contribution in [2.45, 2.75) is 17.9 Å². The van der Waals surface area contributed by atoms with Gasteiger partial charge in [0.15, 0.2) is 11.0 Å². The van der Waals surface area contributed by atoms with Crippen LogP contribution in [0.1, 0.15) is 21.7 Å². The zero-order valence-corrected chi connectivity index (χ0v) is 22.7. The van der Waals surface area contributed by atoms with Crippen molar-refractivity contribution in [3.63, 3.8) is 0 Å². The van der Waals surface area contributed by atoms with Crippen molar-refractivity contribution < 1.29 is 22.8 Å². The maximum atomic E-state index is 13.1. The van der Waals surface area contributed by atoms with E-state index in [2.05, 4.69) is 20.8 Å². The Morgan fingerprint density at radius 3 is 2.41 bits per heavy atom. The van der Waals surface area contributed by atoms with E-state index in [1.165, 1.54) is 0 Å². The number of hydrogen-bond acceptors (Lipinski definition) is 5. The van der Waals surface area contributed by atoms with E-state index in [-0.39, 0.29) is 28.9 Å². The average Bonchev–Trinajstić information content (AvgIpc) is 3.38. The number of anilines is 1. The molecule has 0 aliphatic heterocycles. The van der Waals surface area contributed by atoms with E-state index >= 15 is 0 Å². The number of fused-ring (bicyclic) bond motifs is 1. The van der Waals surface area contributed by atoms with Gasteiger partial charge in [0.25, 0.3) is 5.91 Å². The summed E-state index contributed by atoms with van der Waals surface area (Å²) in [7, 11) is 0. The lowest BCUT2D eigenvalue weighted by Crippen LogP contribution is -2.25. The molecule has 12 heteroatoms. The van der Waals surface area contributed by atoms with Crippen LogP contribution in [-0.4, -0.2) is 32.3 Å². The summed E-state index contributed by atoms with van der Waals surface area (Å²) in [4.78, 5) is 25.7. The average molecular weight is 596 g/mol. The lowest BCUT2D eigenvalue weighted by Gasteiger charge is -2.13. The van der Waals surface area contributed by atoms with Crippen LogP contribution in [0.15, 0.2) is 96.2 Å². The molecule has 4 aromatic carbocycles. The van der Waals surface area contributed by atoms with Gasteiger partial charge < -0.3 is 10.6 Å². The largest absolute Gasteiger partial charge is 0.416 e. The van der Waals surface area contributed by atoms with Crippen LogP contribution in [0.5, 0.6) is 0 Å². The van der Waals surface area contributed by atoms with Crippen LogP contribution in [0.2, 0.25) is 5.02 Å². The highest BCUT2D eigenvalue weighted by Crippen LogP contribution is 2.34. The Labute approximate surface area is 241 Å². The summed E-state index contributed by atoms with van der Waals surface area (Å²) in [6, 6.07) is 24.9. The summed E-state index contributed by atoms with van der Waals surface area (Å²) in [5.74, 6) is -0.617. The molecule has 0 radical (unpaired) electrons. The number of nitrogens with one attached hydrogen (secondary N) is 2. The number of aromatic nitrogens is 3. The molecule has 0 atom stereocenters. The van der Waals surface area contributed by atoms with Crippen LogP contribution in [0.3, 0.4) is 0 Å². The standard InChI is InChI=1S/C29H21ClF3N5O2S/c30-23-14-13-19(29(31,32)33)15-24(23)35-26(39)17-41-28-37-36-25(38(28)20-9-2-1-3-10-20)16-34-27(40)22-12-6-8-18-7-4-5-11-21(18)22/h1-15H,16-17H2,(H,34,40)(H,35,39). The molecular weight excluding hydrogens is 575 g/mol. The zero-order chi connectivity index (χ0) is 29.0. The maximum Gasteiger partial charge on any atom is 0.416 e. The minimum Gasteiger partial charge on any atom is -0.345 e. The Kier molecular flexibility index (Phi) is 8.27. The smallest absolute Gasteiger partial charge is 0.345 e. The zero-order valence-electron chi connectivity index (χ0n) is 21.2. The second kappa shape index (κ2) is 12.0. The van der Waals surface area contributed by atoms with Gasteiger partial charge in [0.1, 0.15) is 0 Å². The van der Waals surface area contributed by atoms with Crippen LogP contribution in [0, 0.1) is 0 Å². The van der Waals surface area contributed by atoms with Gasteiger partial charge in [-0.3, -0.25) is 14.2 Å². The molecule has 0 saturated carbocycles. The van der Waals surface area contributed by atoms with Crippen LogP contribution in [0.25, 0.3) is 16.5 Å². The number of halogens is 4. The number of para-hydroxylation sites is 1. The molecule has 0 aliphatic carbocycles. The number of nitrogens with zero attached hydrogens (tertiary/aromatic N) is 3. The monoisotopic (exact) mass is 595 g/mol. The molecule has 0 bridgehead atoms. The van der Waals surface area contributed by atoms with Gasteiger partial charge in [0, 0.05) is 11.3 Å². The molecule has 5 rings (SSSR count). The van der Waals surface area contributed by atoms with Crippen molar-refractivity contribution >= 4 is 51.6 Å². The number of amides is 2. The molecule has 208 valence electrons. The molecule has 0 aliphatic rings. The first-order valence-corrected chi connectivity index (χ1v) is 13.6. The van der Waals surface area contributed by atoms with Crippen LogP contribution < -0.4 is 10.6 Å². The first kappa shape index (κ1) is 28.2. The normalized spacial score (nSPS) is 11.4. The summed E-state index contributed by atoms with van der Waals surface area (Å²) in [5, 5.41) is 15.9. The Morgan fingerprint density at radius 2 is 1.63 bits per heavy atom. The second-order valence-electron chi connectivity index (χ2n) is 8.81. The minimum atomic E-state index is -4.58. The molecule has 1 aromatic heterocycles. The molecule has 0 fully saturated rings. The molecule has 2 amide bonds. The van der Waals surface area contributed by atoms with Gasteiger partial charge in [-0.2, -0.15) is 13.2 Å². The minimum absolute atomic E-state index is 0.0203. The quantitative estimate of drug-likeness (QED) is 0.194. The topological polar surface area (TPSA) is 88.9 Å². The van der Waals surface area contributed by atoms with Crippen molar-refractivity contribution in [1.82, 2.24) is 20.1 Å². The van der Waals surface area contributed by atoms with Crippen LogP contribution >= 0.6 is 23.4 Å². The van der Waals surface area contributed by atoms with E-state index in [4.69, 9.17) is 11.6 Å². The van der Waals surface area contributed by atoms with Gasteiger partial charge >= 0.3 is 6.18 Å². The van der Waals surface area contributed by atoms with Gasteiger partial charge in [0.2, 0.25) is 5.91 Å². The molecule has 2 N–H and O–H groups in total. The number of alkyl halides is 3. The van der Waals surface area contributed by atoms with Crippen LogP contribution in [-0.2, 0) is 17.5 Å². The Morgan fingerprint density at radius 1 is 0.902 bits per heavy atom. The third-order valence-corrected chi connectivity index (χ3v) is 7.31. The molecule has 0 unspecified atom stereocenters. The first-order chi connectivity index (χ1) is 19.7. The highest BCUT2D eigenvalue weighted by molar-refractivity contribution is 7.99. The Bertz CT molecular complexity index is 1720. The van der Waals surface area contributed by atoms with E-state index < -0.39 is 17.6 Å². The predicted octanol–water partition coefficient (Wildman–Crippen LogP) is 6.75. The van der Waals surface area contributed by atoms with Crippen LogP contribution in [0.4, 0.5) is 18.9 Å². The molecule has 5 aromatic rings. The van der Waals surface area contributed by atoms with Crippen molar-refractivity contribution in [1.29, 1.82) is 0 Å². The lowest BCUT2D eigenvalue weighted by atomic mass is 10.0. The van der Waals surface area contributed by atoms with E-state index in [0.717, 1.165) is 40.7 Å². The van der Waals surface area contributed by atoms with E-state index in [0.29, 0.717) is 22.2 Å². The molecule has 0 spiro atoms. The summed E-state index contributed by atoms with van der Waals surface area (Å²) < 4.78 is 41.0. The fraction of sp³-hybridized carbons (Fsp3) is 0.103.